The molecule has 0 spiro atoms. The molecule has 0 radical (unpaired) electrons. The number of likely N-dealkylation sites (tertiary alicyclic amines) is 1. The summed E-state index contributed by atoms with van der Waals surface area (Å²) < 4.78 is 5.42. The van der Waals surface area contributed by atoms with Crippen LogP contribution in [0.4, 0.5) is 0 Å². The Morgan fingerprint density at radius 2 is 2.32 bits per heavy atom. The standard InChI is InChI=1S/C15H17ClN2O/c1-11-8-15(19-17-11)14-6-3-7-18(14)10-12-4-2-5-13(16)9-12/h2,4-5,8-9,14H,3,6-7,10H2,1H3/t14-/m0/s1. The molecule has 1 fully saturated rings. The minimum absolute atomic E-state index is 0.347. The van der Waals surface area contributed by atoms with Crippen molar-refractivity contribution >= 4 is 11.6 Å². The monoisotopic (exact) mass is 276 g/mol. The number of aromatic nitrogens is 1. The van der Waals surface area contributed by atoms with Crippen LogP contribution in [0.5, 0.6) is 0 Å². The summed E-state index contributed by atoms with van der Waals surface area (Å²) in [5.41, 5.74) is 2.19. The molecular formula is C15H17ClN2O. The Balaban J connectivity index is 1.76. The van der Waals surface area contributed by atoms with Crippen LogP contribution in [0.3, 0.4) is 0 Å². The van der Waals surface area contributed by atoms with Crippen molar-refractivity contribution in [3.63, 3.8) is 0 Å². The molecule has 100 valence electrons. The van der Waals surface area contributed by atoms with Crippen molar-refractivity contribution in [3.05, 3.63) is 52.4 Å². The van der Waals surface area contributed by atoms with E-state index in [1.54, 1.807) is 0 Å². The molecule has 0 amide bonds. The number of benzene rings is 1. The molecule has 1 aliphatic rings. The highest BCUT2D eigenvalue weighted by Gasteiger charge is 2.28. The largest absolute Gasteiger partial charge is 0.359 e. The van der Waals surface area contributed by atoms with E-state index >= 15 is 0 Å². The first-order chi connectivity index (χ1) is 9.22. The minimum atomic E-state index is 0.347. The highest BCUT2D eigenvalue weighted by atomic mass is 35.5. The first-order valence-corrected chi connectivity index (χ1v) is 7.02. The topological polar surface area (TPSA) is 29.3 Å². The third kappa shape index (κ3) is 2.82. The van der Waals surface area contributed by atoms with Gasteiger partial charge in [0.05, 0.1) is 11.7 Å². The van der Waals surface area contributed by atoms with E-state index in [2.05, 4.69) is 16.1 Å². The van der Waals surface area contributed by atoms with Crippen molar-refractivity contribution in [1.82, 2.24) is 10.1 Å². The van der Waals surface area contributed by atoms with E-state index in [0.717, 1.165) is 36.0 Å². The number of nitrogens with zero attached hydrogens (tertiary/aromatic N) is 2. The lowest BCUT2D eigenvalue weighted by atomic mass is 10.1. The van der Waals surface area contributed by atoms with Gasteiger partial charge >= 0.3 is 0 Å². The number of hydrogen-bond donors (Lipinski definition) is 0. The Bertz CT molecular complexity index is 567. The SMILES string of the molecule is Cc1cc([C@@H]2CCCN2Cc2cccc(Cl)c2)on1. The van der Waals surface area contributed by atoms with E-state index in [9.17, 15) is 0 Å². The van der Waals surface area contributed by atoms with Gasteiger partial charge in [-0.3, -0.25) is 4.90 Å². The lowest BCUT2D eigenvalue weighted by Gasteiger charge is -2.22. The highest BCUT2D eigenvalue weighted by molar-refractivity contribution is 6.30. The van der Waals surface area contributed by atoms with Crippen molar-refractivity contribution in [2.45, 2.75) is 32.4 Å². The van der Waals surface area contributed by atoms with Crippen LogP contribution in [0, 0.1) is 6.92 Å². The van der Waals surface area contributed by atoms with E-state index in [1.165, 1.54) is 12.0 Å². The molecule has 0 bridgehead atoms. The van der Waals surface area contributed by atoms with Crippen LogP contribution in [0.2, 0.25) is 5.02 Å². The van der Waals surface area contributed by atoms with Gasteiger partial charge < -0.3 is 4.52 Å². The van der Waals surface area contributed by atoms with Crippen LogP contribution in [0.1, 0.15) is 35.9 Å². The maximum absolute atomic E-state index is 6.04. The Hall–Kier alpha value is -1.32. The molecule has 3 rings (SSSR count). The Morgan fingerprint density at radius 3 is 3.05 bits per heavy atom. The molecule has 19 heavy (non-hydrogen) atoms. The molecular weight excluding hydrogens is 260 g/mol. The number of hydrogen-bond acceptors (Lipinski definition) is 3. The van der Waals surface area contributed by atoms with Crippen LogP contribution < -0.4 is 0 Å². The second kappa shape index (κ2) is 5.35. The first kappa shape index (κ1) is 12.7. The number of halogens is 1. The van der Waals surface area contributed by atoms with Gasteiger partial charge in [0.2, 0.25) is 0 Å². The van der Waals surface area contributed by atoms with Gasteiger partial charge in [0, 0.05) is 17.6 Å². The van der Waals surface area contributed by atoms with Gasteiger partial charge in [-0.25, -0.2) is 0 Å². The molecule has 4 heteroatoms. The zero-order valence-corrected chi connectivity index (χ0v) is 11.7. The van der Waals surface area contributed by atoms with Gasteiger partial charge in [-0.1, -0.05) is 28.9 Å². The molecule has 0 aliphatic carbocycles. The lowest BCUT2D eigenvalue weighted by molar-refractivity contribution is 0.206. The Kier molecular flexibility index (Phi) is 3.58. The smallest absolute Gasteiger partial charge is 0.154 e. The van der Waals surface area contributed by atoms with Crippen LogP contribution >= 0.6 is 11.6 Å². The molecule has 1 atom stereocenters. The summed E-state index contributed by atoms with van der Waals surface area (Å²) in [7, 11) is 0. The summed E-state index contributed by atoms with van der Waals surface area (Å²) in [6.45, 7) is 3.96. The maximum atomic E-state index is 6.04. The van der Waals surface area contributed by atoms with E-state index < -0.39 is 0 Å². The molecule has 1 aromatic heterocycles. The third-order valence-corrected chi connectivity index (χ3v) is 3.85. The molecule has 0 N–H and O–H groups in total. The van der Waals surface area contributed by atoms with E-state index in [1.807, 2.05) is 31.2 Å². The van der Waals surface area contributed by atoms with Gasteiger partial charge in [0.25, 0.3) is 0 Å². The first-order valence-electron chi connectivity index (χ1n) is 6.64. The van der Waals surface area contributed by atoms with Gasteiger partial charge in [0.1, 0.15) is 0 Å². The van der Waals surface area contributed by atoms with Crippen molar-refractivity contribution in [2.75, 3.05) is 6.54 Å². The summed E-state index contributed by atoms with van der Waals surface area (Å²) in [6.07, 6.45) is 2.33. The predicted molar refractivity (Wildman–Crippen MR) is 75.1 cm³/mol. The zero-order valence-electron chi connectivity index (χ0n) is 11.0. The van der Waals surface area contributed by atoms with Crippen LogP contribution in [0.25, 0.3) is 0 Å². The van der Waals surface area contributed by atoms with Crippen LogP contribution in [0.15, 0.2) is 34.9 Å². The van der Waals surface area contributed by atoms with Crippen molar-refractivity contribution in [1.29, 1.82) is 0 Å². The van der Waals surface area contributed by atoms with Crippen molar-refractivity contribution in [3.8, 4) is 0 Å². The average molecular weight is 277 g/mol. The lowest BCUT2D eigenvalue weighted by Crippen LogP contribution is -2.22. The molecule has 2 heterocycles. The summed E-state index contributed by atoms with van der Waals surface area (Å²) in [6, 6.07) is 10.4. The minimum Gasteiger partial charge on any atom is -0.359 e. The fourth-order valence-corrected chi connectivity index (χ4v) is 2.96. The second-order valence-corrected chi connectivity index (χ2v) is 5.57. The zero-order chi connectivity index (χ0) is 13.2. The Labute approximate surface area is 118 Å². The van der Waals surface area contributed by atoms with Gasteiger partial charge in [0.15, 0.2) is 5.76 Å². The predicted octanol–water partition coefficient (Wildman–Crippen LogP) is 3.97. The van der Waals surface area contributed by atoms with Crippen LogP contribution in [-0.2, 0) is 6.54 Å². The summed E-state index contributed by atoms with van der Waals surface area (Å²) in [5, 5.41) is 4.79. The van der Waals surface area contributed by atoms with Crippen molar-refractivity contribution in [2.24, 2.45) is 0 Å². The van der Waals surface area contributed by atoms with E-state index in [-0.39, 0.29) is 0 Å². The molecule has 1 aliphatic heterocycles. The maximum Gasteiger partial charge on any atom is 0.154 e. The Morgan fingerprint density at radius 1 is 1.42 bits per heavy atom. The van der Waals surface area contributed by atoms with E-state index in [4.69, 9.17) is 16.1 Å². The quantitative estimate of drug-likeness (QED) is 0.849. The van der Waals surface area contributed by atoms with Gasteiger partial charge in [-0.15, -0.1) is 0 Å². The van der Waals surface area contributed by atoms with E-state index in [0.29, 0.717) is 6.04 Å². The summed E-state index contributed by atoms with van der Waals surface area (Å²) >= 11 is 6.04. The molecule has 1 aromatic carbocycles. The molecule has 2 aromatic rings. The number of aryl methyl sites for hydroxylation is 1. The molecule has 1 saturated heterocycles. The number of rotatable bonds is 3. The third-order valence-electron chi connectivity index (χ3n) is 3.61. The van der Waals surface area contributed by atoms with Gasteiger partial charge in [-0.2, -0.15) is 0 Å². The summed E-state index contributed by atoms with van der Waals surface area (Å²) in [4.78, 5) is 2.44. The fraction of sp³-hybridized carbons (Fsp3) is 0.400. The van der Waals surface area contributed by atoms with Crippen molar-refractivity contribution < 1.29 is 4.52 Å². The molecule has 0 unspecified atom stereocenters. The fourth-order valence-electron chi connectivity index (χ4n) is 2.75. The van der Waals surface area contributed by atoms with Crippen LogP contribution in [-0.4, -0.2) is 16.6 Å². The highest BCUT2D eigenvalue weighted by Crippen LogP contribution is 2.33. The second-order valence-electron chi connectivity index (χ2n) is 5.13. The summed E-state index contributed by atoms with van der Waals surface area (Å²) in [5.74, 6) is 0.983. The normalized spacial score (nSPS) is 20.0. The average Bonchev–Trinajstić information content (AvgIpc) is 2.98. The molecule has 3 nitrogen and oxygen atoms in total. The van der Waals surface area contributed by atoms with Gasteiger partial charge in [-0.05, 0) is 44.0 Å². The molecule has 0 saturated carbocycles.